The molecule has 0 radical (unpaired) electrons. The van der Waals surface area contributed by atoms with Crippen molar-refractivity contribution >= 4 is 46.7 Å². The summed E-state index contributed by atoms with van der Waals surface area (Å²) in [5, 5.41) is 23.0. The first-order chi connectivity index (χ1) is 14.6. The molecule has 2 amide bonds. The summed E-state index contributed by atoms with van der Waals surface area (Å²) >= 11 is 2.62. The van der Waals surface area contributed by atoms with E-state index in [1.807, 2.05) is 30.3 Å². The monoisotopic (exact) mass is 438 g/mol. The molecule has 0 aliphatic carbocycles. The smallest absolute Gasteiger partial charge is 0.234 e. The Morgan fingerprint density at radius 3 is 2.77 bits per heavy atom. The lowest BCUT2D eigenvalue weighted by atomic mass is 10.2. The molecule has 8 nitrogen and oxygen atoms in total. The van der Waals surface area contributed by atoms with Gasteiger partial charge in [-0.05, 0) is 30.3 Å². The average Bonchev–Trinajstić information content (AvgIpc) is 3.20. The molecule has 0 atom stereocenters. The zero-order valence-electron chi connectivity index (χ0n) is 16.0. The van der Waals surface area contributed by atoms with Gasteiger partial charge in [0.05, 0.1) is 28.9 Å². The van der Waals surface area contributed by atoms with Crippen molar-refractivity contribution < 1.29 is 9.59 Å². The molecule has 0 unspecified atom stereocenters. The third-order valence-corrected chi connectivity index (χ3v) is 5.63. The van der Waals surface area contributed by atoms with Crippen molar-refractivity contribution in [3.63, 3.8) is 0 Å². The third kappa shape index (κ3) is 5.85. The Bertz CT molecular complexity index is 1090. The summed E-state index contributed by atoms with van der Waals surface area (Å²) in [6.07, 6.45) is 1.56. The highest BCUT2D eigenvalue weighted by Crippen LogP contribution is 2.27. The molecule has 3 aromatic rings. The Kier molecular flexibility index (Phi) is 7.48. The highest BCUT2D eigenvalue weighted by Gasteiger charge is 2.12. The number of benzene rings is 2. The van der Waals surface area contributed by atoms with Gasteiger partial charge in [0.1, 0.15) is 6.33 Å². The summed E-state index contributed by atoms with van der Waals surface area (Å²) in [6, 6.07) is 16.7. The van der Waals surface area contributed by atoms with Gasteiger partial charge < -0.3 is 10.6 Å². The number of hydrogen-bond donors (Lipinski definition) is 2. The van der Waals surface area contributed by atoms with E-state index in [-0.39, 0.29) is 17.6 Å². The highest BCUT2D eigenvalue weighted by molar-refractivity contribution is 8.00. The fourth-order valence-electron chi connectivity index (χ4n) is 2.56. The van der Waals surface area contributed by atoms with Crippen LogP contribution in [-0.2, 0) is 9.59 Å². The molecular formula is C20H18N6O2S2. The maximum Gasteiger partial charge on any atom is 0.234 e. The first-order valence-electron chi connectivity index (χ1n) is 8.86. The first kappa shape index (κ1) is 21.4. The molecule has 10 heteroatoms. The Hall–Kier alpha value is -3.29. The second-order valence-electron chi connectivity index (χ2n) is 5.99. The second-order valence-corrected chi connectivity index (χ2v) is 7.95. The second kappa shape index (κ2) is 10.5. The van der Waals surface area contributed by atoms with E-state index in [9.17, 15) is 9.59 Å². The molecule has 2 aromatic carbocycles. The van der Waals surface area contributed by atoms with Crippen LogP contribution in [0.4, 0.5) is 11.4 Å². The number of aromatic nitrogens is 3. The summed E-state index contributed by atoms with van der Waals surface area (Å²) < 4.78 is 1.75. The van der Waals surface area contributed by atoms with E-state index in [1.54, 1.807) is 29.1 Å². The fraction of sp³-hybridized carbons (Fsp3) is 0.150. The van der Waals surface area contributed by atoms with E-state index in [2.05, 4.69) is 26.9 Å². The topological polar surface area (TPSA) is 113 Å². The molecule has 0 aliphatic rings. The number of hydrogen-bond acceptors (Lipinski definition) is 7. The van der Waals surface area contributed by atoms with Gasteiger partial charge in [-0.15, -0.1) is 22.0 Å². The highest BCUT2D eigenvalue weighted by atomic mass is 32.2. The van der Waals surface area contributed by atoms with Gasteiger partial charge in [0.15, 0.2) is 5.16 Å². The maximum absolute atomic E-state index is 12.4. The molecule has 0 fully saturated rings. The Balaban J connectivity index is 1.66. The maximum atomic E-state index is 12.4. The number of anilines is 2. The van der Waals surface area contributed by atoms with Crippen molar-refractivity contribution in [2.45, 2.75) is 17.0 Å². The van der Waals surface area contributed by atoms with Gasteiger partial charge in [0.25, 0.3) is 0 Å². The zero-order chi connectivity index (χ0) is 21.3. The number of amides is 2. The quantitative estimate of drug-likeness (QED) is 0.517. The van der Waals surface area contributed by atoms with Crippen molar-refractivity contribution in [1.29, 1.82) is 5.26 Å². The first-order valence-corrected chi connectivity index (χ1v) is 10.8. The van der Waals surface area contributed by atoms with Crippen LogP contribution in [0.5, 0.6) is 0 Å². The summed E-state index contributed by atoms with van der Waals surface area (Å²) in [4.78, 5) is 24.6. The van der Waals surface area contributed by atoms with Crippen LogP contribution in [0.15, 0.2) is 64.9 Å². The molecule has 2 N–H and O–H groups in total. The summed E-state index contributed by atoms with van der Waals surface area (Å²) in [5.41, 5.74) is 2.11. The molecular weight excluding hydrogens is 420 g/mol. The van der Waals surface area contributed by atoms with E-state index in [1.165, 1.54) is 30.4 Å². The van der Waals surface area contributed by atoms with Crippen LogP contribution in [0.3, 0.4) is 0 Å². The Labute approximate surface area is 182 Å². The van der Waals surface area contributed by atoms with Crippen LogP contribution in [-0.4, -0.2) is 38.1 Å². The van der Waals surface area contributed by atoms with Gasteiger partial charge in [0.2, 0.25) is 11.8 Å². The largest absolute Gasteiger partial charge is 0.326 e. The number of nitriles is 1. The molecule has 0 bridgehead atoms. The van der Waals surface area contributed by atoms with Crippen LogP contribution in [0.1, 0.15) is 6.92 Å². The van der Waals surface area contributed by atoms with E-state index in [4.69, 9.17) is 5.26 Å². The lowest BCUT2D eigenvalue weighted by Gasteiger charge is -2.10. The predicted octanol–water partition coefficient (Wildman–Crippen LogP) is 3.57. The number of para-hydroxylation sites is 1. The zero-order valence-corrected chi connectivity index (χ0v) is 17.7. The van der Waals surface area contributed by atoms with E-state index in [0.29, 0.717) is 22.3 Å². The molecule has 0 aliphatic heterocycles. The summed E-state index contributed by atoms with van der Waals surface area (Å²) in [6.45, 7) is 1.45. The van der Waals surface area contributed by atoms with E-state index in [0.717, 1.165) is 10.6 Å². The van der Waals surface area contributed by atoms with Gasteiger partial charge in [0, 0.05) is 17.5 Å². The van der Waals surface area contributed by atoms with Crippen LogP contribution >= 0.6 is 23.5 Å². The number of carbonyl (C=O) groups is 2. The molecule has 1 heterocycles. The fourth-order valence-corrected chi connectivity index (χ4v) is 3.96. The Morgan fingerprint density at radius 1 is 1.13 bits per heavy atom. The molecule has 152 valence electrons. The van der Waals surface area contributed by atoms with Crippen LogP contribution in [0.2, 0.25) is 0 Å². The Morgan fingerprint density at radius 2 is 1.97 bits per heavy atom. The minimum Gasteiger partial charge on any atom is -0.326 e. The summed E-state index contributed by atoms with van der Waals surface area (Å²) in [7, 11) is 0. The lowest BCUT2D eigenvalue weighted by Crippen LogP contribution is -2.15. The van der Waals surface area contributed by atoms with Crippen molar-refractivity contribution in [1.82, 2.24) is 14.8 Å². The predicted molar refractivity (Wildman–Crippen MR) is 118 cm³/mol. The van der Waals surface area contributed by atoms with Gasteiger partial charge in [-0.3, -0.25) is 14.2 Å². The number of carbonyl (C=O) groups excluding carboxylic acids is 2. The molecule has 1 aromatic heterocycles. The van der Waals surface area contributed by atoms with Crippen molar-refractivity contribution in [2.24, 2.45) is 0 Å². The average molecular weight is 439 g/mol. The molecule has 0 saturated carbocycles. The van der Waals surface area contributed by atoms with E-state index >= 15 is 0 Å². The minimum atomic E-state index is -0.188. The number of thioether (sulfide) groups is 2. The van der Waals surface area contributed by atoms with Crippen molar-refractivity contribution in [2.75, 3.05) is 22.1 Å². The molecule has 0 saturated heterocycles. The number of nitrogens with one attached hydrogen (secondary N) is 2. The van der Waals surface area contributed by atoms with Gasteiger partial charge in [-0.2, -0.15) is 5.26 Å². The molecule has 0 spiro atoms. The van der Waals surface area contributed by atoms with Gasteiger partial charge in [-0.1, -0.05) is 30.0 Å². The van der Waals surface area contributed by atoms with Crippen molar-refractivity contribution in [3.8, 4) is 11.8 Å². The molecule has 30 heavy (non-hydrogen) atoms. The van der Waals surface area contributed by atoms with Crippen molar-refractivity contribution in [3.05, 3.63) is 54.9 Å². The number of nitrogens with zero attached hydrogens (tertiary/aromatic N) is 4. The minimum absolute atomic E-state index is 0.140. The van der Waals surface area contributed by atoms with Gasteiger partial charge in [-0.25, -0.2) is 0 Å². The SMILES string of the molecule is CC(=O)Nc1cccc(-n2cnnc2SCC(=O)Nc2ccccc2SCC#N)c1. The summed E-state index contributed by atoms with van der Waals surface area (Å²) in [5.74, 6) is 0.103. The van der Waals surface area contributed by atoms with Crippen LogP contribution in [0.25, 0.3) is 5.69 Å². The van der Waals surface area contributed by atoms with E-state index < -0.39 is 0 Å². The normalized spacial score (nSPS) is 10.3. The van der Waals surface area contributed by atoms with Gasteiger partial charge >= 0.3 is 0 Å². The standard InChI is InChI=1S/C20H18N6O2S2/c1-14(27)23-15-5-4-6-16(11-15)26-13-22-25-20(26)30-12-19(28)24-17-7-2-3-8-18(17)29-10-9-21/h2-8,11,13H,10,12H2,1H3,(H,23,27)(H,24,28). The lowest BCUT2D eigenvalue weighted by molar-refractivity contribution is -0.114. The number of rotatable bonds is 8. The third-order valence-electron chi connectivity index (χ3n) is 3.75. The van der Waals surface area contributed by atoms with Crippen LogP contribution in [0, 0.1) is 11.3 Å². The van der Waals surface area contributed by atoms with Crippen LogP contribution < -0.4 is 10.6 Å². The molecule has 3 rings (SSSR count).